The van der Waals surface area contributed by atoms with Gasteiger partial charge in [0.05, 0.1) is 11.3 Å². The van der Waals surface area contributed by atoms with Gasteiger partial charge in [-0.3, -0.25) is 9.78 Å². The Kier molecular flexibility index (Phi) is 9.18. The van der Waals surface area contributed by atoms with Crippen LogP contribution in [0.15, 0.2) is 48.9 Å². The zero-order chi connectivity index (χ0) is 30.8. The minimum atomic E-state index is -4.91. The Balaban J connectivity index is 1.72. The molecule has 42 heavy (non-hydrogen) atoms. The van der Waals surface area contributed by atoms with Crippen LogP contribution in [-0.2, 0) is 11.0 Å². The van der Waals surface area contributed by atoms with E-state index < -0.39 is 52.7 Å². The summed E-state index contributed by atoms with van der Waals surface area (Å²) < 4.78 is 63.0. The first kappa shape index (κ1) is 30.9. The highest BCUT2D eigenvalue weighted by molar-refractivity contribution is 6.03. The molecule has 3 aromatic rings. The highest BCUT2D eigenvalue weighted by Crippen LogP contribution is 2.41. The SMILES string of the molecule is CC(c1cccnc1)c1cnc(Oc2cc(C(=O)O)c(N(C(=O)[C@H]3CC[C@H](C)CC3)C(C)C)cc2F)c(C(F)(F)F)c1. The molecule has 0 spiro atoms. The lowest BCUT2D eigenvalue weighted by Crippen LogP contribution is -2.43. The Morgan fingerprint density at radius 2 is 1.74 bits per heavy atom. The Hall–Kier alpha value is -4.02. The molecule has 1 atom stereocenters. The van der Waals surface area contributed by atoms with Crippen molar-refractivity contribution >= 4 is 17.6 Å². The summed E-state index contributed by atoms with van der Waals surface area (Å²) in [4.78, 5) is 34.9. The molecule has 0 bridgehead atoms. The van der Waals surface area contributed by atoms with E-state index in [0.717, 1.165) is 31.0 Å². The molecular weight excluding hydrogens is 554 g/mol. The van der Waals surface area contributed by atoms with Crippen LogP contribution >= 0.6 is 0 Å². The van der Waals surface area contributed by atoms with Crippen LogP contribution in [-0.4, -0.2) is 33.0 Å². The molecule has 1 aliphatic carbocycles. The number of nitrogens with zero attached hydrogens (tertiary/aromatic N) is 3. The van der Waals surface area contributed by atoms with Gasteiger partial charge in [0.25, 0.3) is 0 Å². The van der Waals surface area contributed by atoms with Crippen LogP contribution in [0, 0.1) is 17.7 Å². The van der Waals surface area contributed by atoms with Crippen LogP contribution in [0.4, 0.5) is 23.2 Å². The number of carboxylic acids is 1. The molecule has 0 aliphatic heterocycles. The van der Waals surface area contributed by atoms with Crippen LogP contribution < -0.4 is 9.64 Å². The first-order valence-corrected chi connectivity index (χ1v) is 13.8. The molecule has 1 aromatic carbocycles. The van der Waals surface area contributed by atoms with Gasteiger partial charge < -0.3 is 14.7 Å². The number of anilines is 1. The highest BCUT2D eigenvalue weighted by atomic mass is 19.4. The molecule has 224 valence electrons. The number of ether oxygens (including phenoxy) is 1. The third-order valence-corrected chi connectivity index (χ3v) is 7.73. The zero-order valence-electron chi connectivity index (χ0n) is 23.8. The third-order valence-electron chi connectivity index (χ3n) is 7.73. The van der Waals surface area contributed by atoms with Crippen molar-refractivity contribution in [3.05, 3.63) is 77.0 Å². The smallest absolute Gasteiger partial charge is 0.421 e. The Bertz CT molecular complexity index is 1440. The first-order valence-electron chi connectivity index (χ1n) is 13.8. The molecule has 2 aromatic heterocycles. The summed E-state index contributed by atoms with van der Waals surface area (Å²) in [6, 6.07) is 5.38. The van der Waals surface area contributed by atoms with E-state index in [-0.39, 0.29) is 23.1 Å². The zero-order valence-corrected chi connectivity index (χ0v) is 23.8. The number of pyridine rings is 2. The second kappa shape index (κ2) is 12.5. The average molecular weight is 588 g/mol. The second-order valence-corrected chi connectivity index (χ2v) is 11.1. The van der Waals surface area contributed by atoms with Crippen molar-refractivity contribution in [2.24, 2.45) is 11.8 Å². The van der Waals surface area contributed by atoms with E-state index in [1.165, 1.54) is 17.3 Å². The van der Waals surface area contributed by atoms with E-state index in [2.05, 4.69) is 16.9 Å². The van der Waals surface area contributed by atoms with Crippen molar-refractivity contribution < 1.29 is 37.0 Å². The van der Waals surface area contributed by atoms with Gasteiger partial charge in [0, 0.05) is 48.6 Å². The molecule has 1 fully saturated rings. The number of carboxylic acid groups (broad SMARTS) is 1. The number of aromatic carboxylic acids is 1. The number of halogens is 4. The minimum absolute atomic E-state index is 0.185. The summed E-state index contributed by atoms with van der Waals surface area (Å²) in [5, 5.41) is 9.98. The number of alkyl halides is 3. The van der Waals surface area contributed by atoms with Crippen LogP contribution in [0.2, 0.25) is 0 Å². The predicted molar refractivity (Wildman–Crippen MR) is 148 cm³/mol. The molecule has 0 saturated heterocycles. The monoisotopic (exact) mass is 587 g/mol. The van der Waals surface area contributed by atoms with Gasteiger partial charge in [-0.15, -0.1) is 0 Å². The molecule has 1 N–H and O–H groups in total. The number of rotatable bonds is 8. The Labute approximate surface area is 241 Å². The number of amides is 1. The Morgan fingerprint density at radius 1 is 1.05 bits per heavy atom. The number of hydrogen-bond donors (Lipinski definition) is 1. The van der Waals surface area contributed by atoms with E-state index in [1.807, 2.05) is 0 Å². The fraction of sp³-hybridized carbons (Fsp3) is 0.419. The van der Waals surface area contributed by atoms with Crippen molar-refractivity contribution in [2.45, 2.75) is 71.5 Å². The van der Waals surface area contributed by atoms with Crippen molar-refractivity contribution in [1.29, 1.82) is 0 Å². The van der Waals surface area contributed by atoms with E-state index in [1.54, 1.807) is 39.1 Å². The predicted octanol–water partition coefficient (Wildman–Crippen LogP) is 7.84. The number of hydrogen-bond acceptors (Lipinski definition) is 5. The lowest BCUT2D eigenvalue weighted by molar-refractivity contribution is -0.139. The normalized spacial score (nSPS) is 18.0. The van der Waals surface area contributed by atoms with Gasteiger partial charge in [0.15, 0.2) is 11.6 Å². The number of carbonyl (C=O) groups excluding carboxylic acids is 1. The molecule has 7 nitrogen and oxygen atoms in total. The topological polar surface area (TPSA) is 92.6 Å². The van der Waals surface area contributed by atoms with Crippen LogP contribution in [0.1, 0.15) is 86.3 Å². The van der Waals surface area contributed by atoms with E-state index >= 15 is 4.39 Å². The lowest BCUT2D eigenvalue weighted by Gasteiger charge is -2.34. The summed E-state index contributed by atoms with van der Waals surface area (Å²) in [5.41, 5.74) is -1.01. The molecule has 1 aliphatic rings. The molecular formula is C31H33F4N3O4. The number of carbonyl (C=O) groups is 2. The van der Waals surface area contributed by atoms with Crippen molar-refractivity contribution in [1.82, 2.24) is 9.97 Å². The van der Waals surface area contributed by atoms with Gasteiger partial charge in [0.1, 0.15) is 5.56 Å². The van der Waals surface area contributed by atoms with E-state index in [0.29, 0.717) is 24.3 Å². The number of benzene rings is 1. The van der Waals surface area contributed by atoms with Gasteiger partial charge >= 0.3 is 12.1 Å². The second-order valence-electron chi connectivity index (χ2n) is 11.1. The van der Waals surface area contributed by atoms with Crippen LogP contribution in [0.25, 0.3) is 0 Å². The van der Waals surface area contributed by atoms with Gasteiger partial charge in [-0.1, -0.05) is 19.9 Å². The molecule has 4 rings (SSSR count). The highest BCUT2D eigenvalue weighted by Gasteiger charge is 2.37. The van der Waals surface area contributed by atoms with Crippen molar-refractivity contribution in [3.63, 3.8) is 0 Å². The summed E-state index contributed by atoms with van der Waals surface area (Å²) in [5.74, 6) is -4.97. The maximum atomic E-state index is 15.4. The number of aromatic nitrogens is 2. The quantitative estimate of drug-likeness (QED) is 0.270. The molecule has 11 heteroatoms. The van der Waals surface area contributed by atoms with Gasteiger partial charge in [-0.05, 0) is 68.7 Å². The summed E-state index contributed by atoms with van der Waals surface area (Å²) in [7, 11) is 0. The van der Waals surface area contributed by atoms with Crippen molar-refractivity contribution in [3.8, 4) is 11.6 Å². The molecule has 0 radical (unpaired) electrons. The van der Waals surface area contributed by atoms with Gasteiger partial charge in [-0.2, -0.15) is 13.2 Å². The van der Waals surface area contributed by atoms with E-state index in [9.17, 15) is 27.9 Å². The Morgan fingerprint density at radius 3 is 2.31 bits per heavy atom. The maximum absolute atomic E-state index is 15.4. The first-order chi connectivity index (χ1) is 19.8. The minimum Gasteiger partial charge on any atom is -0.478 e. The fourth-order valence-electron chi connectivity index (χ4n) is 5.27. The maximum Gasteiger partial charge on any atom is 0.421 e. The summed E-state index contributed by atoms with van der Waals surface area (Å²) >= 11 is 0. The third kappa shape index (κ3) is 6.71. The van der Waals surface area contributed by atoms with Crippen molar-refractivity contribution in [2.75, 3.05) is 4.90 Å². The summed E-state index contributed by atoms with van der Waals surface area (Å²) in [6.07, 6.45) is 2.34. The van der Waals surface area contributed by atoms with Gasteiger partial charge in [-0.25, -0.2) is 14.2 Å². The summed E-state index contributed by atoms with van der Waals surface area (Å²) in [6.45, 7) is 7.17. The van der Waals surface area contributed by atoms with Crippen LogP contribution in [0.5, 0.6) is 11.6 Å². The lowest BCUT2D eigenvalue weighted by atomic mass is 9.82. The molecule has 1 unspecified atom stereocenters. The standard InChI is InChI=1S/C31H33F4N3O4/c1-17(2)38(29(39)20-9-7-18(3)8-10-20)26-14-25(32)27(13-23(26)30(40)41)42-28-24(31(33,34)35)12-22(16-37-28)19(4)21-6-5-11-36-15-21/h5-6,11-20H,7-10H2,1-4H3,(H,40,41)/t18-,19?,20-. The average Bonchev–Trinajstić information content (AvgIpc) is 2.94. The fourth-order valence-corrected chi connectivity index (χ4v) is 5.27. The van der Waals surface area contributed by atoms with E-state index in [4.69, 9.17) is 4.74 Å². The molecule has 2 heterocycles. The molecule has 1 saturated carbocycles. The largest absolute Gasteiger partial charge is 0.478 e. The molecule has 1 amide bonds. The van der Waals surface area contributed by atoms with Gasteiger partial charge in [0.2, 0.25) is 11.8 Å². The van der Waals surface area contributed by atoms with Crippen LogP contribution in [0.3, 0.4) is 0 Å².